The van der Waals surface area contributed by atoms with Gasteiger partial charge in [-0.3, -0.25) is 9.88 Å². The van der Waals surface area contributed by atoms with Crippen LogP contribution in [-0.4, -0.2) is 23.0 Å². The summed E-state index contributed by atoms with van der Waals surface area (Å²) in [5.74, 6) is 0. The summed E-state index contributed by atoms with van der Waals surface area (Å²) >= 11 is 0. The van der Waals surface area contributed by atoms with Crippen molar-refractivity contribution in [3.8, 4) is 0 Å². The van der Waals surface area contributed by atoms with Crippen LogP contribution in [0.4, 0.5) is 0 Å². The molecule has 1 heterocycles. The Balaban J connectivity index is 2.08. The summed E-state index contributed by atoms with van der Waals surface area (Å²) < 4.78 is 16.7. The third kappa shape index (κ3) is 3.97. The van der Waals surface area contributed by atoms with E-state index in [2.05, 4.69) is 4.98 Å². The normalized spacial score (nSPS) is 13.2. The second kappa shape index (κ2) is 6.92. The average molecular weight is 242 g/mol. The molecule has 2 heteroatoms. The van der Waals surface area contributed by atoms with Crippen LogP contribution in [0.1, 0.15) is 20.9 Å². The highest BCUT2D eigenvalue weighted by Crippen LogP contribution is 2.05. The van der Waals surface area contributed by atoms with Crippen LogP contribution < -0.4 is 0 Å². The number of pyridine rings is 1. The van der Waals surface area contributed by atoms with Gasteiger partial charge in [0.15, 0.2) is 0 Å². The SMILES string of the molecule is [2H]C([2H])(c1ccccc1)N(CC)CCc1ccccn1. The van der Waals surface area contributed by atoms with E-state index in [0.29, 0.717) is 18.7 Å². The number of rotatable bonds is 6. The van der Waals surface area contributed by atoms with Crippen molar-refractivity contribution in [3.05, 3.63) is 66.0 Å². The molecule has 1 aromatic heterocycles. The minimum absolute atomic E-state index is 0.648. The van der Waals surface area contributed by atoms with Crippen molar-refractivity contribution in [2.75, 3.05) is 13.1 Å². The van der Waals surface area contributed by atoms with E-state index < -0.39 is 6.50 Å². The first-order chi connectivity index (χ1) is 9.64. The molecule has 94 valence electrons. The van der Waals surface area contributed by atoms with Gasteiger partial charge in [-0.15, -0.1) is 0 Å². The Hall–Kier alpha value is -1.67. The van der Waals surface area contributed by atoms with Gasteiger partial charge in [0, 0.05) is 34.1 Å². The van der Waals surface area contributed by atoms with E-state index in [-0.39, 0.29) is 0 Å². The van der Waals surface area contributed by atoms with Crippen LogP contribution in [0.25, 0.3) is 0 Å². The van der Waals surface area contributed by atoms with Gasteiger partial charge in [0.25, 0.3) is 0 Å². The number of likely N-dealkylation sites (N-methyl/N-ethyl adjacent to an activating group) is 1. The molecule has 0 bridgehead atoms. The Kier molecular flexibility index (Phi) is 3.95. The van der Waals surface area contributed by atoms with Gasteiger partial charge < -0.3 is 0 Å². The molecule has 18 heavy (non-hydrogen) atoms. The molecule has 2 nitrogen and oxygen atoms in total. The van der Waals surface area contributed by atoms with E-state index >= 15 is 0 Å². The predicted octanol–water partition coefficient (Wildman–Crippen LogP) is 3.15. The lowest BCUT2D eigenvalue weighted by Crippen LogP contribution is -2.25. The monoisotopic (exact) mass is 242 g/mol. The fourth-order valence-corrected chi connectivity index (χ4v) is 1.78. The molecule has 2 rings (SSSR count). The maximum atomic E-state index is 8.36. The second-order valence-corrected chi connectivity index (χ2v) is 4.13. The Bertz CT molecular complexity index is 515. The summed E-state index contributed by atoms with van der Waals surface area (Å²) in [5, 5.41) is 0. The molecule has 0 amide bonds. The van der Waals surface area contributed by atoms with Crippen molar-refractivity contribution in [1.82, 2.24) is 9.88 Å². The quantitative estimate of drug-likeness (QED) is 0.773. The zero-order valence-corrected chi connectivity index (χ0v) is 10.7. The molecular formula is C16H20N2. The third-order valence-electron chi connectivity index (χ3n) is 2.81. The molecule has 0 saturated carbocycles. The zero-order valence-electron chi connectivity index (χ0n) is 12.7. The van der Waals surface area contributed by atoms with Gasteiger partial charge >= 0.3 is 0 Å². The molecule has 0 unspecified atom stereocenters. The molecule has 0 fully saturated rings. The van der Waals surface area contributed by atoms with Crippen LogP contribution in [-0.2, 0) is 12.9 Å². The van der Waals surface area contributed by atoms with Crippen LogP contribution in [0.3, 0.4) is 0 Å². The summed E-state index contributed by atoms with van der Waals surface area (Å²) in [4.78, 5) is 6.13. The Labute approximate surface area is 112 Å². The van der Waals surface area contributed by atoms with Gasteiger partial charge in [-0.05, 0) is 24.2 Å². The van der Waals surface area contributed by atoms with Crippen LogP contribution in [0.5, 0.6) is 0 Å². The van der Waals surface area contributed by atoms with Crippen molar-refractivity contribution < 1.29 is 2.74 Å². The molecule has 0 N–H and O–H groups in total. The summed E-state index contributed by atoms with van der Waals surface area (Å²) in [6.45, 7) is 1.84. The van der Waals surface area contributed by atoms with E-state index in [9.17, 15) is 0 Å². The molecule has 0 aliphatic rings. The van der Waals surface area contributed by atoms with Gasteiger partial charge in [-0.1, -0.05) is 43.3 Å². The lowest BCUT2D eigenvalue weighted by atomic mass is 10.2. The van der Waals surface area contributed by atoms with Crippen LogP contribution >= 0.6 is 0 Å². The van der Waals surface area contributed by atoms with Gasteiger partial charge in [0.1, 0.15) is 0 Å². The number of nitrogens with zero attached hydrogens (tertiary/aromatic N) is 2. The molecule has 0 spiro atoms. The summed E-state index contributed by atoms with van der Waals surface area (Å²) in [6.07, 6.45) is 2.53. The fourth-order valence-electron chi connectivity index (χ4n) is 1.78. The Morgan fingerprint density at radius 3 is 2.56 bits per heavy atom. The molecule has 2 aromatic rings. The topological polar surface area (TPSA) is 16.1 Å². The van der Waals surface area contributed by atoms with Gasteiger partial charge in [0.2, 0.25) is 0 Å². The Morgan fingerprint density at radius 2 is 1.89 bits per heavy atom. The highest BCUT2D eigenvalue weighted by Gasteiger charge is 2.04. The standard InChI is InChI=1S/C16H20N2/c1-2-18(14-15-8-4-3-5-9-15)13-11-16-10-6-7-12-17-16/h3-10,12H,2,11,13-14H2,1H3/i14D2. The minimum Gasteiger partial charge on any atom is -0.299 e. The first-order valence-corrected chi connectivity index (χ1v) is 6.35. The van der Waals surface area contributed by atoms with Crippen molar-refractivity contribution in [3.63, 3.8) is 0 Å². The number of benzene rings is 1. The molecule has 0 atom stereocenters. The van der Waals surface area contributed by atoms with Crippen LogP contribution in [0.15, 0.2) is 54.7 Å². The van der Waals surface area contributed by atoms with Crippen molar-refractivity contribution >= 4 is 0 Å². The van der Waals surface area contributed by atoms with E-state index in [0.717, 1.165) is 12.1 Å². The minimum atomic E-state index is -1.45. The van der Waals surface area contributed by atoms with Crippen molar-refractivity contribution in [2.24, 2.45) is 0 Å². The van der Waals surface area contributed by atoms with Crippen molar-refractivity contribution in [2.45, 2.75) is 19.8 Å². The smallest absolute Gasteiger partial charge is 0.0481 e. The van der Waals surface area contributed by atoms with Gasteiger partial charge in [-0.25, -0.2) is 0 Å². The van der Waals surface area contributed by atoms with E-state index in [1.54, 1.807) is 6.20 Å². The second-order valence-electron chi connectivity index (χ2n) is 4.13. The molecule has 0 saturated heterocycles. The summed E-state index contributed by atoms with van der Waals surface area (Å²) in [5.41, 5.74) is 1.69. The highest BCUT2D eigenvalue weighted by atomic mass is 15.1. The third-order valence-corrected chi connectivity index (χ3v) is 2.81. The largest absolute Gasteiger partial charge is 0.299 e. The average Bonchev–Trinajstić information content (AvgIpc) is 2.49. The molecule has 0 radical (unpaired) electrons. The number of hydrogen-bond acceptors (Lipinski definition) is 2. The maximum absolute atomic E-state index is 8.36. The predicted molar refractivity (Wildman–Crippen MR) is 75.3 cm³/mol. The maximum Gasteiger partial charge on any atom is 0.0481 e. The first kappa shape index (κ1) is 10.3. The van der Waals surface area contributed by atoms with E-state index in [4.69, 9.17) is 2.74 Å². The zero-order chi connectivity index (χ0) is 14.4. The van der Waals surface area contributed by atoms with Gasteiger partial charge in [0.05, 0.1) is 0 Å². The van der Waals surface area contributed by atoms with Crippen LogP contribution in [0.2, 0.25) is 0 Å². The molecular weight excluding hydrogens is 220 g/mol. The lowest BCUT2D eigenvalue weighted by Gasteiger charge is -2.20. The van der Waals surface area contributed by atoms with Crippen molar-refractivity contribution in [1.29, 1.82) is 0 Å². The Morgan fingerprint density at radius 1 is 1.11 bits per heavy atom. The highest BCUT2D eigenvalue weighted by molar-refractivity contribution is 5.14. The van der Waals surface area contributed by atoms with E-state index in [1.165, 1.54) is 0 Å². The number of hydrogen-bond donors (Lipinski definition) is 0. The molecule has 0 aliphatic heterocycles. The fraction of sp³-hybridized carbons (Fsp3) is 0.312. The lowest BCUT2D eigenvalue weighted by molar-refractivity contribution is 0.283. The van der Waals surface area contributed by atoms with E-state index in [1.807, 2.05) is 60.4 Å². The first-order valence-electron chi connectivity index (χ1n) is 7.35. The number of aromatic nitrogens is 1. The molecule has 0 aliphatic carbocycles. The van der Waals surface area contributed by atoms with Gasteiger partial charge in [-0.2, -0.15) is 0 Å². The molecule has 1 aromatic carbocycles. The van der Waals surface area contributed by atoms with Crippen LogP contribution in [0, 0.1) is 0 Å². The summed E-state index contributed by atoms with van der Waals surface area (Å²) in [6, 6.07) is 15.2. The summed E-state index contributed by atoms with van der Waals surface area (Å²) in [7, 11) is 0.